The molecule has 5 heteroatoms. The molecule has 0 saturated carbocycles. The Hall–Kier alpha value is -1.20. The van der Waals surface area contributed by atoms with Gasteiger partial charge >= 0.3 is 0 Å². The zero-order valence-electron chi connectivity index (χ0n) is 10.0. The van der Waals surface area contributed by atoms with E-state index in [1.807, 2.05) is 19.1 Å². The number of amides is 1. The van der Waals surface area contributed by atoms with Crippen molar-refractivity contribution in [3.63, 3.8) is 0 Å². The number of nitrogens with one attached hydrogen (secondary N) is 1. The van der Waals surface area contributed by atoms with E-state index in [0.717, 1.165) is 29.8 Å². The van der Waals surface area contributed by atoms with Gasteiger partial charge in [-0.1, -0.05) is 0 Å². The summed E-state index contributed by atoms with van der Waals surface area (Å²) in [7, 11) is 0. The van der Waals surface area contributed by atoms with Gasteiger partial charge in [0.2, 0.25) is 5.91 Å². The molecule has 0 aliphatic heterocycles. The molecule has 0 aliphatic carbocycles. The number of benzene rings is 1. The lowest BCUT2D eigenvalue weighted by Crippen LogP contribution is -2.29. The summed E-state index contributed by atoms with van der Waals surface area (Å²) in [5.74, 6) is 5.89. The van der Waals surface area contributed by atoms with E-state index in [4.69, 9.17) is 11.6 Å². The number of aryl methyl sites for hydroxylation is 1. The average Bonchev–Trinajstić information content (AvgIpc) is 2.33. The molecule has 0 heterocycles. The molecule has 17 heavy (non-hydrogen) atoms. The minimum Gasteiger partial charge on any atom is -0.399 e. The van der Waals surface area contributed by atoms with Gasteiger partial charge in [-0.3, -0.25) is 10.2 Å². The van der Waals surface area contributed by atoms with E-state index in [9.17, 15) is 4.79 Å². The second-order valence-corrected chi connectivity index (χ2v) is 5.06. The topological polar surface area (TPSA) is 81.1 Å². The number of anilines is 1. The van der Waals surface area contributed by atoms with Crippen molar-refractivity contribution in [3.05, 3.63) is 23.8 Å². The Kier molecular flexibility index (Phi) is 5.86. The summed E-state index contributed by atoms with van der Waals surface area (Å²) >= 11 is 1.78. The fourth-order valence-corrected chi connectivity index (χ4v) is 2.40. The zero-order chi connectivity index (χ0) is 12.7. The van der Waals surface area contributed by atoms with Crippen molar-refractivity contribution in [1.82, 2.24) is 5.43 Å². The Bertz CT molecular complexity index is 382. The molecule has 0 radical (unpaired) electrons. The molecule has 5 N–H and O–H groups in total. The summed E-state index contributed by atoms with van der Waals surface area (Å²) in [5.41, 5.74) is 9.81. The van der Waals surface area contributed by atoms with Crippen molar-refractivity contribution < 1.29 is 4.79 Å². The summed E-state index contributed by atoms with van der Waals surface area (Å²) in [6.07, 6.45) is 2.36. The van der Waals surface area contributed by atoms with Crippen molar-refractivity contribution in [2.75, 3.05) is 11.5 Å². The average molecular weight is 253 g/mol. The van der Waals surface area contributed by atoms with E-state index in [2.05, 4.69) is 11.5 Å². The van der Waals surface area contributed by atoms with Crippen LogP contribution in [-0.2, 0) is 4.79 Å². The molecular formula is C12H19N3OS. The second-order valence-electron chi connectivity index (χ2n) is 3.89. The predicted molar refractivity (Wildman–Crippen MR) is 72.5 cm³/mol. The maximum Gasteiger partial charge on any atom is 0.233 e. The molecule has 0 unspecified atom stereocenters. The van der Waals surface area contributed by atoms with Crippen molar-refractivity contribution in [2.45, 2.75) is 31.1 Å². The molecule has 0 aliphatic rings. The molecule has 0 spiro atoms. The summed E-state index contributed by atoms with van der Waals surface area (Å²) in [6, 6.07) is 6.05. The Labute approximate surface area is 106 Å². The number of hydrogen-bond acceptors (Lipinski definition) is 4. The van der Waals surface area contributed by atoms with Gasteiger partial charge in [-0.15, -0.1) is 11.8 Å². The molecule has 1 aromatic carbocycles. The van der Waals surface area contributed by atoms with Gasteiger partial charge in [-0.25, -0.2) is 5.84 Å². The number of hydrazine groups is 1. The van der Waals surface area contributed by atoms with Crippen molar-refractivity contribution >= 4 is 23.4 Å². The summed E-state index contributed by atoms with van der Waals surface area (Å²) in [5, 5.41) is 0. The second kappa shape index (κ2) is 7.19. The monoisotopic (exact) mass is 253 g/mol. The largest absolute Gasteiger partial charge is 0.399 e. The van der Waals surface area contributed by atoms with Crippen LogP contribution in [0.3, 0.4) is 0 Å². The van der Waals surface area contributed by atoms with Crippen molar-refractivity contribution in [3.8, 4) is 0 Å². The Balaban J connectivity index is 2.22. The van der Waals surface area contributed by atoms with Crippen LogP contribution in [0.1, 0.15) is 24.8 Å². The van der Waals surface area contributed by atoms with Gasteiger partial charge in [0, 0.05) is 17.0 Å². The third-order valence-electron chi connectivity index (χ3n) is 2.47. The molecular weight excluding hydrogens is 234 g/mol. The van der Waals surface area contributed by atoms with E-state index < -0.39 is 0 Å². The lowest BCUT2D eigenvalue weighted by molar-refractivity contribution is -0.121. The van der Waals surface area contributed by atoms with E-state index in [1.54, 1.807) is 11.8 Å². The number of carbonyl (C=O) groups excluding carboxylic acids is 1. The lowest BCUT2D eigenvalue weighted by Gasteiger charge is -2.05. The lowest BCUT2D eigenvalue weighted by atomic mass is 10.2. The molecule has 0 saturated heterocycles. The number of nitrogen functional groups attached to an aromatic ring is 1. The summed E-state index contributed by atoms with van der Waals surface area (Å²) < 4.78 is 0. The summed E-state index contributed by atoms with van der Waals surface area (Å²) in [4.78, 5) is 12.1. The van der Waals surface area contributed by atoms with Crippen molar-refractivity contribution in [1.29, 1.82) is 0 Å². The SMILES string of the molecule is Cc1cc(SCCCCC(=O)NN)ccc1N. The van der Waals surface area contributed by atoms with Gasteiger partial charge in [0.05, 0.1) is 0 Å². The van der Waals surface area contributed by atoms with Crippen LogP contribution in [0.2, 0.25) is 0 Å². The van der Waals surface area contributed by atoms with Crippen molar-refractivity contribution in [2.24, 2.45) is 5.84 Å². The van der Waals surface area contributed by atoms with Crippen LogP contribution in [-0.4, -0.2) is 11.7 Å². The highest BCUT2D eigenvalue weighted by atomic mass is 32.2. The molecule has 0 bridgehead atoms. The Morgan fingerprint density at radius 2 is 2.18 bits per heavy atom. The fraction of sp³-hybridized carbons (Fsp3) is 0.417. The number of hydrogen-bond donors (Lipinski definition) is 3. The number of nitrogens with two attached hydrogens (primary N) is 2. The first-order chi connectivity index (χ1) is 8.13. The van der Waals surface area contributed by atoms with Crippen LogP contribution < -0.4 is 17.0 Å². The quantitative estimate of drug-likeness (QED) is 0.180. The normalized spacial score (nSPS) is 10.2. The molecule has 1 aromatic rings. The molecule has 94 valence electrons. The number of unbranched alkanes of at least 4 members (excludes halogenated alkanes) is 1. The predicted octanol–water partition coefficient (Wildman–Crippen LogP) is 1.83. The van der Waals surface area contributed by atoms with E-state index >= 15 is 0 Å². The smallest absolute Gasteiger partial charge is 0.233 e. The standard InChI is InChI=1S/C12H19N3OS/c1-9-8-10(5-6-11(9)13)17-7-3-2-4-12(16)15-14/h5-6,8H,2-4,7,13-14H2,1H3,(H,15,16). The van der Waals surface area contributed by atoms with Gasteiger partial charge in [-0.2, -0.15) is 0 Å². The van der Waals surface area contributed by atoms with E-state index in [0.29, 0.717) is 6.42 Å². The van der Waals surface area contributed by atoms with E-state index in [-0.39, 0.29) is 5.91 Å². The van der Waals surface area contributed by atoms with Crippen LogP contribution in [0, 0.1) is 6.92 Å². The Morgan fingerprint density at radius 1 is 1.41 bits per heavy atom. The third kappa shape index (κ3) is 5.10. The highest BCUT2D eigenvalue weighted by molar-refractivity contribution is 7.99. The minimum atomic E-state index is -0.0988. The summed E-state index contributed by atoms with van der Waals surface area (Å²) in [6.45, 7) is 2.00. The first-order valence-electron chi connectivity index (χ1n) is 5.62. The molecule has 0 fully saturated rings. The number of carbonyl (C=O) groups is 1. The minimum absolute atomic E-state index is 0.0988. The maximum absolute atomic E-state index is 10.9. The zero-order valence-corrected chi connectivity index (χ0v) is 10.8. The van der Waals surface area contributed by atoms with Crippen LogP contribution in [0.25, 0.3) is 0 Å². The maximum atomic E-state index is 10.9. The van der Waals surface area contributed by atoms with Crippen LogP contribution in [0.5, 0.6) is 0 Å². The van der Waals surface area contributed by atoms with Gasteiger partial charge in [-0.05, 0) is 49.3 Å². The number of thioether (sulfide) groups is 1. The van der Waals surface area contributed by atoms with Gasteiger partial charge < -0.3 is 5.73 Å². The fourth-order valence-electron chi connectivity index (χ4n) is 1.39. The molecule has 1 rings (SSSR count). The molecule has 0 atom stereocenters. The number of rotatable bonds is 6. The van der Waals surface area contributed by atoms with Gasteiger partial charge in [0.25, 0.3) is 0 Å². The van der Waals surface area contributed by atoms with E-state index in [1.165, 1.54) is 4.90 Å². The Morgan fingerprint density at radius 3 is 2.82 bits per heavy atom. The molecule has 1 amide bonds. The van der Waals surface area contributed by atoms with Crippen LogP contribution in [0.15, 0.2) is 23.1 Å². The molecule has 0 aromatic heterocycles. The van der Waals surface area contributed by atoms with Crippen LogP contribution >= 0.6 is 11.8 Å². The van der Waals surface area contributed by atoms with Gasteiger partial charge in [0.1, 0.15) is 0 Å². The first kappa shape index (κ1) is 13.9. The van der Waals surface area contributed by atoms with Crippen LogP contribution in [0.4, 0.5) is 5.69 Å². The molecule has 4 nitrogen and oxygen atoms in total. The van der Waals surface area contributed by atoms with Gasteiger partial charge in [0.15, 0.2) is 0 Å². The third-order valence-corrected chi connectivity index (χ3v) is 3.55. The highest BCUT2D eigenvalue weighted by Gasteiger charge is 2.00. The highest BCUT2D eigenvalue weighted by Crippen LogP contribution is 2.23. The first-order valence-corrected chi connectivity index (χ1v) is 6.60.